The van der Waals surface area contributed by atoms with Crippen LogP contribution in [0.5, 0.6) is 0 Å². The molecular weight excluding hydrogens is 240 g/mol. The number of nitrogens with zero attached hydrogens (tertiary/aromatic N) is 1. The second-order valence-corrected chi connectivity index (χ2v) is 5.46. The van der Waals surface area contributed by atoms with Crippen molar-refractivity contribution in [3.63, 3.8) is 0 Å². The molecule has 4 heteroatoms. The molecule has 0 bridgehead atoms. The molecule has 0 unspecified atom stereocenters. The van der Waals surface area contributed by atoms with Gasteiger partial charge < -0.3 is 10.1 Å². The lowest BCUT2D eigenvalue weighted by Gasteiger charge is -2.30. The number of H-pyrrole nitrogens is 1. The molecule has 3 rings (SSSR count). The Morgan fingerprint density at radius 3 is 2.89 bits per heavy atom. The summed E-state index contributed by atoms with van der Waals surface area (Å²) in [6.07, 6.45) is 1.00. The summed E-state index contributed by atoms with van der Waals surface area (Å²) >= 11 is 0. The van der Waals surface area contributed by atoms with E-state index < -0.39 is 5.97 Å². The molecule has 19 heavy (non-hydrogen) atoms. The fourth-order valence-electron chi connectivity index (χ4n) is 2.81. The van der Waals surface area contributed by atoms with E-state index in [2.05, 4.69) is 23.7 Å². The maximum absolute atomic E-state index is 11.1. The maximum atomic E-state index is 11.1. The first kappa shape index (κ1) is 12.2. The summed E-state index contributed by atoms with van der Waals surface area (Å²) in [7, 11) is 0. The van der Waals surface area contributed by atoms with Gasteiger partial charge in [-0.05, 0) is 37.6 Å². The number of carbonyl (C=O) groups is 1. The third-order valence-electron chi connectivity index (χ3n) is 3.98. The minimum atomic E-state index is -0.867. The number of hydrogen-bond donors (Lipinski definition) is 2. The monoisotopic (exact) mass is 258 g/mol. The van der Waals surface area contributed by atoms with E-state index in [9.17, 15) is 4.79 Å². The van der Waals surface area contributed by atoms with Crippen LogP contribution >= 0.6 is 0 Å². The van der Waals surface area contributed by atoms with E-state index in [1.807, 2.05) is 6.07 Å². The van der Waals surface area contributed by atoms with Gasteiger partial charge in [-0.1, -0.05) is 0 Å². The molecule has 1 aromatic heterocycles. The molecule has 0 spiro atoms. The topological polar surface area (TPSA) is 56.3 Å². The van der Waals surface area contributed by atoms with Gasteiger partial charge in [0.1, 0.15) is 0 Å². The third-order valence-corrected chi connectivity index (χ3v) is 3.98. The lowest BCUT2D eigenvalue weighted by Crippen LogP contribution is -2.35. The molecule has 0 radical (unpaired) electrons. The Hall–Kier alpha value is -1.81. The van der Waals surface area contributed by atoms with E-state index >= 15 is 0 Å². The highest BCUT2D eigenvalue weighted by Gasteiger charge is 2.22. The van der Waals surface area contributed by atoms with Crippen LogP contribution < -0.4 is 0 Å². The molecule has 2 aromatic rings. The highest BCUT2D eigenvalue weighted by molar-refractivity contribution is 5.95. The zero-order chi connectivity index (χ0) is 13.6. The van der Waals surface area contributed by atoms with Gasteiger partial charge in [0.2, 0.25) is 0 Å². The van der Waals surface area contributed by atoms with Gasteiger partial charge >= 0.3 is 5.97 Å². The summed E-state index contributed by atoms with van der Waals surface area (Å²) in [5, 5.41) is 10.2. The smallest absolute Gasteiger partial charge is 0.335 e. The summed E-state index contributed by atoms with van der Waals surface area (Å²) in [5.41, 5.74) is 3.92. The van der Waals surface area contributed by atoms with E-state index in [1.165, 1.54) is 11.3 Å². The van der Waals surface area contributed by atoms with Crippen LogP contribution in [-0.4, -0.2) is 33.5 Å². The van der Waals surface area contributed by atoms with Crippen LogP contribution in [0.3, 0.4) is 0 Å². The van der Waals surface area contributed by atoms with Gasteiger partial charge in [0.15, 0.2) is 0 Å². The molecule has 1 aliphatic heterocycles. The van der Waals surface area contributed by atoms with Crippen molar-refractivity contribution in [1.82, 2.24) is 9.88 Å². The highest BCUT2D eigenvalue weighted by atomic mass is 16.4. The maximum Gasteiger partial charge on any atom is 0.335 e. The fourth-order valence-corrected chi connectivity index (χ4v) is 2.81. The third kappa shape index (κ3) is 2.02. The van der Waals surface area contributed by atoms with Crippen LogP contribution in [0, 0.1) is 0 Å². The second kappa shape index (κ2) is 4.38. The molecule has 100 valence electrons. The molecule has 0 saturated heterocycles. The van der Waals surface area contributed by atoms with Gasteiger partial charge in [0.25, 0.3) is 0 Å². The van der Waals surface area contributed by atoms with Gasteiger partial charge in [-0.2, -0.15) is 0 Å². The van der Waals surface area contributed by atoms with E-state index in [4.69, 9.17) is 5.11 Å². The first-order chi connectivity index (χ1) is 9.06. The number of carboxylic acids is 1. The van der Waals surface area contributed by atoms with Crippen molar-refractivity contribution >= 4 is 16.9 Å². The number of aromatic nitrogens is 1. The van der Waals surface area contributed by atoms with Crippen LogP contribution in [-0.2, 0) is 13.0 Å². The SMILES string of the molecule is CC(C)N1CCc2[nH]c3ccc(C(=O)O)cc3c2C1. The normalized spacial score (nSPS) is 15.9. The average Bonchev–Trinajstić information content (AvgIpc) is 2.75. The van der Waals surface area contributed by atoms with Gasteiger partial charge in [0.05, 0.1) is 5.56 Å². The fraction of sp³-hybridized carbons (Fsp3) is 0.400. The van der Waals surface area contributed by atoms with Gasteiger partial charge in [-0.3, -0.25) is 4.90 Å². The Kier molecular flexibility index (Phi) is 2.82. The number of carboxylic acid groups (broad SMARTS) is 1. The minimum absolute atomic E-state index is 0.357. The lowest BCUT2D eigenvalue weighted by molar-refractivity contribution is 0.0697. The first-order valence-corrected chi connectivity index (χ1v) is 6.67. The zero-order valence-electron chi connectivity index (χ0n) is 11.2. The standard InChI is InChI=1S/C15H18N2O2/c1-9(2)17-6-5-14-12(8-17)11-7-10(15(18)19)3-4-13(11)16-14/h3-4,7,9,16H,5-6,8H2,1-2H3,(H,18,19). The summed E-state index contributed by atoms with van der Waals surface area (Å²) in [5.74, 6) is -0.867. The summed E-state index contributed by atoms with van der Waals surface area (Å²) in [6.45, 7) is 6.35. The van der Waals surface area contributed by atoms with Crippen molar-refractivity contribution in [2.45, 2.75) is 32.9 Å². The Morgan fingerprint density at radius 1 is 1.42 bits per heavy atom. The predicted octanol–water partition coefficient (Wildman–Crippen LogP) is 2.63. The van der Waals surface area contributed by atoms with Crippen molar-refractivity contribution in [2.24, 2.45) is 0 Å². The van der Waals surface area contributed by atoms with E-state index in [0.717, 1.165) is 30.4 Å². The van der Waals surface area contributed by atoms with Gasteiger partial charge in [-0.25, -0.2) is 4.79 Å². The van der Waals surface area contributed by atoms with Crippen molar-refractivity contribution < 1.29 is 9.90 Å². The number of nitrogens with one attached hydrogen (secondary N) is 1. The lowest BCUT2D eigenvalue weighted by atomic mass is 10.0. The highest BCUT2D eigenvalue weighted by Crippen LogP contribution is 2.29. The Labute approximate surface area is 112 Å². The molecule has 1 aromatic carbocycles. The molecule has 4 nitrogen and oxygen atoms in total. The Bertz CT molecular complexity index is 643. The van der Waals surface area contributed by atoms with Crippen molar-refractivity contribution in [2.75, 3.05) is 6.54 Å². The quantitative estimate of drug-likeness (QED) is 0.870. The average molecular weight is 258 g/mol. The molecular formula is C15H18N2O2. The van der Waals surface area contributed by atoms with Crippen LogP contribution in [0.25, 0.3) is 10.9 Å². The van der Waals surface area contributed by atoms with Crippen LogP contribution in [0.15, 0.2) is 18.2 Å². The minimum Gasteiger partial charge on any atom is -0.478 e. The molecule has 0 aliphatic carbocycles. The molecule has 0 fully saturated rings. The van der Waals surface area contributed by atoms with E-state index in [-0.39, 0.29) is 0 Å². The van der Waals surface area contributed by atoms with Crippen LogP contribution in [0.4, 0.5) is 0 Å². The first-order valence-electron chi connectivity index (χ1n) is 6.67. The molecule has 2 heterocycles. The van der Waals surface area contributed by atoms with E-state index in [0.29, 0.717) is 11.6 Å². The van der Waals surface area contributed by atoms with E-state index in [1.54, 1.807) is 12.1 Å². The van der Waals surface area contributed by atoms with Gasteiger partial charge in [-0.15, -0.1) is 0 Å². The molecule has 0 atom stereocenters. The van der Waals surface area contributed by atoms with Crippen molar-refractivity contribution in [1.29, 1.82) is 0 Å². The Morgan fingerprint density at radius 2 is 2.21 bits per heavy atom. The number of aromatic carboxylic acids is 1. The largest absolute Gasteiger partial charge is 0.478 e. The number of fused-ring (bicyclic) bond motifs is 3. The predicted molar refractivity (Wildman–Crippen MR) is 74.5 cm³/mol. The van der Waals surface area contributed by atoms with Crippen LogP contribution in [0.2, 0.25) is 0 Å². The Balaban J connectivity index is 2.10. The molecule has 2 N–H and O–H groups in total. The summed E-state index contributed by atoms with van der Waals surface area (Å²) < 4.78 is 0. The van der Waals surface area contributed by atoms with Crippen molar-refractivity contribution in [3.8, 4) is 0 Å². The van der Waals surface area contributed by atoms with Crippen molar-refractivity contribution in [3.05, 3.63) is 35.0 Å². The van der Waals surface area contributed by atoms with Crippen LogP contribution in [0.1, 0.15) is 35.5 Å². The number of rotatable bonds is 2. The summed E-state index contributed by atoms with van der Waals surface area (Å²) in [4.78, 5) is 16.9. The van der Waals surface area contributed by atoms with Gasteiger partial charge in [0, 0.05) is 42.1 Å². The number of benzene rings is 1. The number of aromatic amines is 1. The number of hydrogen-bond acceptors (Lipinski definition) is 2. The molecule has 0 amide bonds. The molecule has 0 saturated carbocycles. The summed E-state index contributed by atoms with van der Waals surface area (Å²) in [6, 6.07) is 5.83. The zero-order valence-corrected chi connectivity index (χ0v) is 11.2. The molecule has 1 aliphatic rings. The second-order valence-electron chi connectivity index (χ2n) is 5.46.